The zero-order valence-electron chi connectivity index (χ0n) is 15.6. The van der Waals surface area contributed by atoms with Gasteiger partial charge in [-0.2, -0.15) is 0 Å². The summed E-state index contributed by atoms with van der Waals surface area (Å²) < 4.78 is 23.6. The van der Waals surface area contributed by atoms with E-state index in [-0.39, 0.29) is 11.7 Å². The molecular formula is C19H27FN2O4. The molecule has 144 valence electrons. The van der Waals surface area contributed by atoms with E-state index < -0.39 is 17.7 Å². The van der Waals surface area contributed by atoms with Gasteiger partial charge in [0.05, 0.1) is 6.61 Å². The van der Waals surface area contributed by atoms with Crippen LogP contribution in [0.25, 0.3) is 0 Å². The van der Waals surface area contributed by atoms with Crippen molar-refractivity contribution >= 4 is 12.0 Å². The van der Waals surface area contributed by atoms with E-state index in [1.54, 1.807) is 32.9 Å². The minimum absolute atomic E-state index is 0.171. The first-order valence-electron chi connectivity index (χ1n) is 8.92. The molecule has 0 aliphatic carbocycles. The normalized spacial score (nSPS) is 17.1. The number of carbonyl (C=O) groups is 2. The number of hydrogen-bond donors (Lipinski definition) is 1. The highest BCUT2D eigenvalue weighted by Gasteiger charge is 2.36. The quantitative estimate of drug-likeness (QED) is 0.786. The Morgan fingerprint density at radius 3 is 2.62 bits per heavy atom. The number of rotatable bonds is 6. The summed E-state index contributed by atoms with van der Waals surface area (Å²) in [6, 6.07) is 5.31. The first-order chi connectivity index (χ1) is 12.3. The number of likely N-dealkylation sites (tertiary alicyclic amines) is 1. The molecule has 2 rings (SSSR count). The van der Waals surface area contributed by atoms with Crippen LogP contribution in [0.1, 0.15) is 40.0 Å². The van der Waals surface area contributed by atoms with E-state index in [1.807, 2.05) is 0 Å². The van der Waals surface area contributed by atoms with Crippen LogP contribution in [0.5, 0.6) is 5.75 Å². The maximum absolute atomic E-state index is 12.8. The molecule has 6 nitrogen and oxygen atoms in total. The molecule has 1 aromatic carbocycles. The van der Waals surface area contributed by atoms with Gasteiger partial charge in [0.25, 0.3) is 0 Å². The summed E-state index contributed by atoms with van der Waals surface area (Å²) in [7, 11) is 0. The van der Waals surface area contributed by atoms with Crippen molar-refractivity contribution < 1.29 is 23.5 Å². The molecule has 0 spiro atoms. The SMILES string of the molecule is CC(C)(C)OC(=O)N1CCCC1C(=O)NCCCOc1ccc(F)cc1. The molecule has 0 aromatic heterocycles. The Morgan fingerprint density at radius 2 is 1.96 bits per heavy atom. The van der Waals surface area contributed by atoms with E-state index in [1.165, 1.54) is 17.0 Å². The molecule has 1 aliphatic rings. The van der Waals surface area contributed by atoms with Crippen molar-refractivity contribution in [2.75, 3.05) is 19.7 Å². The predicted octanol–water partition coefficient (Wildman–Crippen LogP) is 3.11. The number of nitrogens with one attached hydrogen (secondary N) is 1. The zero-order valence-corrected chi connectivity index (χ0v) is 15.6. The van der Waals surface area contributed by atoms with Crippen LogP contribution in [0.2, 0.25) is 0 Å². The van der Waals surface area contributed by atoms with Gasteiger partial charge in [-0.3, -0.25) is 9.69 Å². The van der Waals surface area contributed by atoms with Crippen LogP contribution in [0.3, 0.4) is 0 Å². The first kappa shape index (κ1) is 20.0. The van der Waals surface area contributed by atoms with E-state index in [0.717, 1.165) is 6.42 Å². The molecule has 1 heterocycles. The second-order valence-electron chi connectivity index (χ2n) is 7.28. The summed E-state index contributed by atoms with van der Waals surface area (Å²) in [6.45, 7) is 6.79. The molecule has 1 aliphatic heterocycles. The first-order valence-corrected chi connectivity index (χ1v) is 8.92. The highest BCUT2D eigenvalue weighted by Crippen LogP contribution is 2.21. The van der Waals surface area contributed by atoms with Crippen LogP contribution in [0.4, 0.5) is 9.18 Å². The van der Waals surface area contributed by atoms with Crippen LogP contribution >= 0.6 is 0 Å². The minimum atomic E-state index is -0.585. The molecule has 1 aromatic rings. The van der Waals surface area contributed by atoms with E-state index in [2.05, 4.69) is 5.32 Å². The molecule has 7 heteroatoms. The van der Waals surface area contributed by atoms with Gasteiger partial charge >= 0.3 is 6.09 Å². The Morgan fingerprint density at radius 1 is 1.27 bits per heavy atom. The fourth-order valence-corrected chi connectivity index (χ4v) is 2.70. The monoisotopic (exact) mass is 366 g/mol. The molecule has 1 saturated heterocycles. The Labute approximate surface area is 153 Å². The van der Waals surface area contributed by atoms with Gasteiger partial charge in [-0.1, -0.05) is 0 Å². The van der Waals surface area contributed by atoms with Gasteiger partial charge in [0.1, 0.15) is 23.2 Å². The maximum atomic E-state index is 12.8. The number of carbonyl (C=O) groups excluding carboxylic acids is 2. The molecule has 0 saturated carbocycles. The molecular weight excluding hydrogens is 339 g/mol. The topological polar surface area (TPSA) is 67.9 Å². The average Bonchev–Trinajstić information content (AvgIpc) is 3.04. The third kappa shape index (κ3) is 6.20. The molecule has 0 radical (unpaired) electrons. The highest BCUT2D eigenvalue weighted by atomic mass is 19.1. The van der Waals surface area contributed by atoms with Crippen LogP contribution in [-0.2, 0) is 9.53 Å². The van der Waals surface area contributed by atoms with Crippen LogP contribution < -0.4 is 10.1 Å². The van der Waals surface area contributed by atoms with Crippen molar-refractivity contribution in [3.05, 3.63) is 30.1 Å². The number of nitrogens with zero attached hydrogens (tertiary/aromatic N) is 1. The summed E-state index contributed by atoms with van der Waals surface area (Å²) in [5.41, 5.74) is -0.585. The van der Waals surface area contributed by atoms with E-state index in [4.69, 9.17) is 9.47 Å². The molecule has 1 unspecified atom stereocenters. The number of benzene rings is 1. The van der Waals surface area contributed by atoms with Crippen molar-refractivity contribution in [1.29, 1.82) is 0 Å². The zero-order chi connectivity index (χ0) is 19.2. The van der Waals surface area contributed by atoms with E-state index in [9.17, 15) is 14.0 Å². The van der Waals surface area contributed by atoms with Crippen molar-refractivity contribution in [1.82, 2.24) is 10.2 Å². The van der Waals surface area contributed by atoms with Gasteiger partial charge in [-0.05, 0) is 64.3 Å². The predicted molar refractivity (Wildman–Crippen MR) is 95.5 cm³/mol. The minimum Gasteiger partial charge on any atom is -0.494 e. The number of halogens is 1. The Kier molecular flexibility index (Phi) is 6.83. The summed E-state index contributed by atoms with van der Waals surface area (Å²) in [5, 5.41) is 2.84. The van der Waals surface area contributed by atoms with Gasteiger partial charge in [0, 0.05) is 13.1 Å². The average molecular weight is 366 g/mol. The van der Waals surface area contributed by atoms with Gasteiger partial charge in [0.2, 0.25) is 5.91 Å². The lowest BCUT2D eigenvalue weighted by Crippen LogP contribution is -2.47. The lowest BCUT2D eigenvalue weighted by atomic mass is 10.2. The molecule has 0 bridgehead atoms. The standard InChI is InChI=1S/C19H27FN2O4/c1-19(2,3)26-18(24)22-12-4-6-16(22)17(23)21-11-5-13-25-15-9-7-14(20)8-10-15/h7-10,16H,4-6,11-13H2,1-3H3,(H,21,23). The van der Waals surface area contributed by atoms with Gasteiger partial charge in [0.15, 0.2) is 0 Å². The fraction of sp³-hybridized carbons (Fsp3) is 0.579. The lowest BCUT2D eigenvalue weighted by molar-refractivity contribution is -0.125. The summed E-state index contributed by atoms with van der Waals surface area (Å²) in [4.78, 5) is 26.1. The molecule has 1 fully saturated rings. The Hall–Kier alpha value is -2.31. The van der Waals surface area contributed by atoms with Gasteiger partial charge in [-0.25, -0.2) is 9.18 Å². The van der Waals surface area contributed by atoms with Crippen LogP contribution in [0, 0.1) is 5.82 Å². The van der Waals surface area contributed by atoms with E-state index in [0.29, 0.717) is 38.3 Å². The summed E-state index contributed by atoms with van der Waals surface area (Å²) >= 11 is 0. The molecule has 1 N–H and O–H groups in total. The van der Waals surface area contributed by atoms with Crippen molar-refractivity contribution in [3.8, 4) is 5.75 Å². The second-order valence-corrected chi connectivity index (χ2v) is 7.28. The molecule has 2 amide bonds. The van der Waals surface area contributed by atoms with Crippen molar-refractivity contribution in [2.45, 2.75) is 51.7 Å². The number of ether oxygens (including phenoxy) is 2. The van der Waals surface area contributed by atoms with Crippen molar-refractivity contribution in [2.24, 2.45) is 0 Å². The van der Waals surface area contributed by atoms with Crippen LogP contribution in [0.15, 0.2) is 24.3 Å². The third-order valence-electron chi connectivity index (χ3n) is 3.89. The summed E-state index contributed by atoms with van der Waals surface area (Å²) in [5.74, 6) is 0.107. The highest BCUT2D eigenvalue weighted by molar-refractivity contribution is 5.86. The molecule has 26 heavy (non-hydrogen) atoms. The van der Waals surface area contributed by atoms with Gasteiger partial charge < -0.3 is 14.8 Å². The Bertz CT molecular complexity index is 613. The lowest BCUT2D eigenvalue weighted by Gasteiger charge is -2.28. The van der Waals surface area contributed by atoms with Gasteiger partial charge in [-0.15, -0.1) is 0 Å². The summed E-state index contributed by atoms with van der Waals surface area (Å²) in [6.07, 6.45) is 1.58. The van der Waals surface area contributed by atoms with Crippen molar-refractivity contribution in [3.63, 3.8) is 0 Å². The smallest absolute Gasteiger partial charge is 0.410 e. The second kappa shape index (κ2) is 8.87. The number of hydrogen-bond acceptors (Lipinski definition) is 4. The number of amides is 2. The fourth-order valence-electron chi connectivity index (χ4n) is 2.70. The Balaban J connectivity index is 1.71. The van der Waals surface area contributed by atoms with Crippen LogP contribution in [-0.4, -0.2) is 48.2 Å². The third-order valence-corrected chi connectivity index (χ3v) is 3.89. The van der Waals surface area contributed by atoms with E-state index >= 15 is 0 Å². The maximum Gasteiger partial charge on any atom is 0.410 e. The molecule has 1 atom stereocenters. The largest absolute Gasteiger partial charge is 0.494 e.